The van der Waals surface area contributed by atoms with Gasteiger partial charge in [-0.2, -0.15) is 0 Å². The third kappa shape index (κ3) is 2.63. The lowest BCUT2D eigenvalue weighted by molar-refractivity contribution is 0.102. The average Bonchev–Trinajstić information content (AvgIpc) is 2.38. The predicted molar refractivity (Wildman–Crippen MR) is 70.7 cm³/mol. The molecular weight excluding hydrogens is 228 g/mol. The fraction of sp³-hybridized carbons (Fsp3) is 0.154. The Balaban J connectivity index is 2.22. The predicted octanol–water partition coefficient (Wildman–Crippen LogP) is 2.08. The first kappa shape index (κ1) is 12.0. The fourth-order valence-corrected chi connectivity index (χ4v) is 1.58. The van der Waals surface area contributed by atoms with E-state index < -0.39 is 0 Å². The molecule has 0 bridgehead atoms. The molecule has 92 valence electrons. The molecule has 0 aliphatic rings. The SMILES string of the molecule is CNc1ncccc1C(=O)Nc1cccc(C)n1. The summed E-state index contributed by atoms with van der Waals surface area (Å²) in [4.78, 5) is 20.4. The van der Waals surface area contributed by atoms with Gasteiger partial charge in [0.15, 0.2) is 0 Å². The van der Waals surface area contributed by atoms with Gasteiger partial charge in [-0.15, -0.1) is 0 Å². The Kier molecular flexibility index (Phi) is 3.52. The van der Waals surface area contributed by atoms with Crippen LogP contribution in [0.3, 0.4) is 0 Å². The Morgan fingerprint density at radius 3 is 2.78 bits per heavy atom. The molecule has 0 spiro atoms. The van der Waals surface area contributed by atoms with Crippen molar-refractivity contribution < 1.29 is 4.79 Å². The van der Waals surface area contributed by atoms with Gasteiger partial charge in [0.05, 0.1) is 5.56 Å². The molecule has 2 rings (SSSR count). The van der Waals surface area contributed by atoms with E-state index in [0.717, 1.165) is 5.69 Å². The zero-order chi connectivity index (χ0) is 13.0. The molecule has 2 aromatic heterocycles. The van der Waals surface area contributed by atoms with Crippen molar-refractivity contribution in [2.24, 2.45) is 0 Å². The number of nitrogens with one attached hydrogen (secondary N) is 2. The smallest absolute Gasteiger partial charge is 0.260 e. The summed E-state index contributed by atoms with van der Waals surface area (Å²) in [6.45, 7) is 1.87. The molecule has 5 heteroatoms. The van der Waals surface area contributed by atoms with Gasteiger partial charge in [-0.1, -0.05) is 6.07 Å². The number of aryl methyl sites for hydroxylation is 1. The first-order valence-electron chi connectivity index (χ1n) is 5.58. The molecule has 2 heterocycles. The molecular formula is C13H14N4O. The fourth-order valence-electron chi connectivity index (χ4n) is 1.58. The zero-order valence-electron chi connectivity index (χ0n) is 10.3. The Bertz CT molecular complexity index is 568. The van der Waals surface area contributed by atoms with Gasteiger partial charge >= 0.3 is 0 Å². The Hall–Kier alpha value is -2.43. The minimum Gasteiger partial charge on any atom is -0.372 e. The number of amides is 1. The van der Waals surface area contributed by atoms with Gasteiger partial charge in [-0.05, 0) is 31.2 Å². The molecule has 0 aliphatic heterocycles. The van der Waals surface area contributed by atoms with Crippen LogP contribution in [-0.4, -0.2) is 22.9 Å². The van der Waals surface area contributed by atoms with Crippen LogP contribution in [0.1, 0.15) is 16.1 Å². The number of carbonyl (C=O) groups is 1. The minimum atomic E-state index is -0.231. The highest BCUT2D eigenvalue weighted by atomic mass is 16.1. The quantitative estimate of drug-likeness (QED) is 0.864. The van der Waals surface area contributed by atoms with E-state index in [1.165, 1.54) is 0 Å². The molecule has 0 saturated heterocycles. The maximum Gasteiger partial charge on any atom is 0.260 e. The highest BCUT2D eigenvalue weighted by Gasteiger charge is 2.11. The molecule has 2 N–H and O–H groups in total. The summed E-state index contributed by atoms with van der Waals surface area (Å²) in [6.07, 6.45) is 1.63. The van der Waals surface area contributed by atoms with Crippen LogP contribution in [0.25, 0.3) is 0 Å². The maximum absolute atomic E-state index is 12.1. The first-order valence-corrected chi connectivity index (χ1v) is 5.58. The summed E-state index contributed by atoms with van der Waals surface area (Å²) in [5.74, 6) is 0.846. The number of pyridine rings is 2. The van der Waals surface area contributed by atoms with Gasteiger partial charge in [0, 0.05) is 18.9 Å². The first-order chi connectivity index (χ1) is 8.70. The Labute approximate surface area is 105 Å². The highest BCUT2D eigenvalue weighted by Crippen LogP contribution is 2.13. The van der Waals surface area contributed by atoms with Crippen molar-refractivity contribution in [2.45, 2.75) is 6.92 Å². The maximum atomic E-state index is 12.1. The van der Waals surface area contributed by atoms with Crippen molar-refractivity contribution in [1.29, 1.82) is 0 Å². The van der Waals surface area contributed by atoms with Gasteiger partial charge in [-0.25, -0.2) is 9.97 Å². The van der Waals surface area contributed by atoms with E-state index in [-0.39, 0.29) is 5.91 Å². The minimum absolute atomic E-state index is 0.231. The van der Waals surface area contributed by atoms with E-state index in [1.54, 1.807) is 31.4 Å². The van der Waals surface area contributed by atoms with Crippen LogP contribution in [0, 0.1) is 6.92 Å². The van der Waals surface area contributed by atoms with Crippen molar-refractivity contribution in [1.82, 2.24) is 9.97 Å². The molecule has 0 atom stereocenters. The molecule has 1 amide bonds. The van der Waals surface area contributed by atoms with Crippen molar-refractivity contribution in [2.75, 3.05) is 17.7 Å². The third-order valence-corrected chi connectivity index (χ3v) is 2.42. The number of aromatic nitrogens is 2. The van der Waals surface area contributed by atoms with Gasteiger partial charge in [-0.3, -0.25) is 4.79 Å². The molecule has 0 aliphatic carbocycles. The number of carbonyl (C=O) groups excluding carboxylic acids is 1. The molecule has 0 unspecified atom stereocenters. The zero-order valence-corrected chi connectivity index (χ0v) is 10.3. The summed E-state index contributed by atoms with van der Waals surface area (Å²) >= 11 is 0. The number of hydrogen-bond acceptors (Lipinski definition) is 4. The lowest BCUT2D eigenvalue weighted by Gasteiger charge is -2.08. The summed E-state index contributed by atoms with van der Waals surface area (Å²) in [5, 5.41) is 5.62. The summed E-state index contributed by atoms with van der Waals surface area (Å²) < 4.78 is 0. The molecule has 0 fully saturated rings. The highest BCUT2D eigenvalue weighted by molar-refractivity contribution is 6.06. The van der Waals surface area contributed by atoms with E-state index in [0.29, 0.717) is 17.2 Å². The number of hydrogen-bond donors (Lipinski definition) is 2. The van der Waals surface area contributed by atoms with Crippen LogP contribution in [0.2, 0.25) is 0 Å². The second-order valence-corrected chi connectivity index (χ2v) is 3.77. The third-order valence-electron chi connectivity index (χ3n) is 2.42. The standard InChI is InChI=1S/C13H14N4O/c1-9-5-3-7-11(16-9)17-13(18)10-6-4-8-15-12(10)14-2/h3-8H,1-2H3,(H,14,15)(H,16,17,18). The van der Waals surface area contributed by atoms with E-state index in [9.17, 15) is 4.79 Å². The van der Waals surface area contributed by atoms with Crippen LogP contribution >= 0.6 is 0 Å². The van der Waals surface area contributed by atoms with Crippen LogP contribution in [0.15, 0.2) is 36.5 Å². The Morgan fingerprint density at radius 2 is 2.06 bits per heavy atom. The summed E-state index contributed by atoms with van der Waals surface area (Å²) in [7, 11) is 1.73. The van der Waals surface area contributed by atoms with Crippen LogP contribution in [0.4, 0.5) is 11.6 Å². The van der Waals surface area contributed by atoms with Crippen molar-refractivity contribution in [3.8, 4) is 0 Å². The lowest BCUT2D eigenvalue weighted by atomic mass is 10.2. The van der Waals surface area contributed by atoms with Crippen molar-refractivity contribution in [3.63, 3.8) is 0 Å². The molecule has 5 nitrogen and oxygen atoms in total. The Morgan fingerprint density at radius 1 is 1.22 bits per heavy atom. The number of rotatable bonds is 3. The topological polar surface area (TPSA) is 66.9 Å². The number of nitrogens with zero attached hydrogens (tertiary/aromatic N) is 2. The van der Waals surface area contributed by atoms with Crippen molar-refractivity contribution >= 4 is 17.5 Å². The van der Waals surface area contributed by atoms with Crippen LogP contribution in [0.5, 0.6) is 0 Å². The average molecular weight is 242 g/mol. The van der Waals surface area contributed by atoms with E-state index in [2.05, 4.69) is 20.6 Å². The molecule has 0 aromatic carbocycles. The lowest BCUT2D eigenvalue weighted by Crippen LogP contribution is -2.15. The van der Waals surface area contributed by atoms with Crippen LogP contribution < -0.4 is 10.6 Å². The van der Waals surface area contributed by atoms with E-state index in [4.69, 9.17) is 0 Å². The summed E-state index contributed by atoms with van der Waals surface area (Å²) in [6, 6.07) is 8.91. The van der Waals surface area contributed by atoms with Gasteiger partial charge in [0.2, 0.25) is 0 Å². The molecule has 18 heavy (non-hydrogen) atoms. The largest absolute Gasteiger partial charge is 0.372 e. The molecule has 2 aromatic rings. The van der Waals surface area contributed by atoms with Gasteiger partial charge in [0.25, 0.3) is 5.91 Å². The summed E-state index contributed by atoms with van der Waals surface area (Å²) in [5.41, 5.74) is 1.34. The van der Waals surface area contributed by atoms with Crippen molar-refractivity contribution in [3.05, 3.63) is 47.8 Å². The molecule has 0 saturated carbocycles. The van der Waals surface area contributed by atoms with Gasteiger partial charge in [0.1, 0.15) is 11.6 Å². The second-order valence-electron chi connectivity index (χ2n) is 3.77. The molecule has 0 radical (unpaired) electrons. The number of anilines is 2. The van der Waals surface area contributed by atoms with Gasteiger partial charge < -0.3 is 10.6 Å². The van der Waals surface area contributed by atoms with Crippen LogP contribution in [-0.2, 0) is 0 Å². The van der Waals surface area contributed by atoms with E-state index in [1.807, 2.05) is 19.1 Å². The van der Waals surface area contributed by atoms with E-state index >= 15 is 0 Å². The normalized spacial score (nSPS) is 9.89. The monoisotopic (exact) mass is 242 g/mol. The second kappa shape index (κ2) is 5.27.